The molecular weight excluding hydrogens is 326 g/mol. The lowest BCUT2D eigenvalue weighted by atomic mass is 10.1. The van der Waals surface area contributed by atoms with Gasteiger partial charge in [0.05, 0.1) is 18.9 Å². The van der Waals surface area contributed by atoms with E-state index in [1.165, 1.54) is 5.56 Å². The molecular formula is C20H25N5O. The Labute approximate surface area is 154 Å². The van der Waals surface area contributed by atoms with Crippen LogP contribution in [0.2, 0.25) is 0 Å². The van der Waals surface area contributed by atoms with Crippen LogP contribution in [-0.2, 0) is 11.2 Å². The summed E-state index contributed by atoms with van der Waals surface area (Å²) in [6.45, 7) is 6.14. The van der Waals surface area contributed by atoms with Crippen LogP contribution in [0.15, 0.2) is 52.2 Å². The maximum Gasteiger partial charge on any atom is 0.223 e. The van der Waals surface area contributed by atoms with Crippen LogP contribution in [0.3, 0.4) is 0 Å². The predicted molar refractivity (Wildman–Crippen MR) is 103 cm³/mol. The van der Waals surface area contributed by atoms with Gasteiger partial charge in [-0.25, -0.2) is 4.99 Å². The number of carbonyl (C=O) groups is 1. The fourth-order valence-corrected chi connectivity index (χ4v) is 3.60. The number of piperazine rings is 1. The summed E-state index contributed by atoms with van der Waals surface area (Å²) in [5.41, 5.74) is 1.22. The van der Waals surface area contributed by atoms with E-state index in [4.69, 9.17) is 0 Å². The van der Waals surface area contributed by atoms with Crippen molar-refractivity contribution in [2.75, 3.05) is 32.7 Å². The number of aryl methyl sites for hydroxylation is 1. The van der Waals surface area contributed by atoms with Crippen molar-refractivity contribution >= 4 is 18.1 Å². The summed E-state index contributed by atoms with van der Waals surface area (Å²) in [4.78, 5) is 28.0. The van der Waals surface area contributed by atoms with E-state index in [1.807, 2.05) is 29.4 Å². The van der Waals surface area contributed by atoms with Crippen molar-refractivity contribution in [1.29, 1.82) is 0 Å². The molecule has 1 fully saturated rings. The number of carbonyl (C=O) groups excluding carboxylic acids is 1. The molecule has 0 bridgehead atoms. The lowest BCUT2D eigenvalue weighted by Crippen LogP contribution is -2.48. The second-order valence-electron chi connectivity index (χ2n) is 7.06. The number of benzene rings is 1. The fourth-order valence-electron chi connectivity index (χ4n) is 3.60. The van der Waals surface area contributed by atoms with Crippen LogP contribution < -0.4 is 0 Å². The number of aliphatic imine (C=N–C) groups is 2. The molecule has 1 atom stereocenters. The van der Waals surface area contributed by atoms with Gasteiger partial charge in [-0.3, -0.25) is 9.79 Å². The van der Waals surface area contributed by atoms with E-state index in [9.17, 15) is 4.79 Å². The van der Waals surface area contributed by atoms with Crippen molar-refractivity contribution in [2.45, 2.75) is 25.8 Å². The summed E-state index contributed by atoms with van der Waals surface area (Å²) >= 11 is 0. The Balaban J connectivity index is 1.28. The summed E-state index contributed by atoms with van der Waals surface area (Å²) in [7, 11) is 0. The van der Waals surface area contributed by atoms with Crippen molar-refractivity contribution in [2.24, 2.45) is 9.98 Å². The molecule has 0 radical (unpaired) electrons. The summed E-state index contributed by atoms with van der Waals surface area (Å²) in [5.74, 6) is 2.21. The van der Waals surface area contributed by atoms with E-state index >= 15 is 0 Å². The summed E-state index contributed by atoms with van der Waals surface area (Å²) in [6.07, 6.45) is 5.34. The Morgan fingerprint density at radius 1 is 1.15 bits per heavy atom. The highest BCUT2D eigenvalue weighted by molar-refractivity contribution is 6.03. The van der Waals surface area contributed by atoms with Gasteiger partial charge in [-0.15, -0.1) is 0 Å². The van der Waals surface area contributed by atoms with Crippen molar-refractivity contribution < 1.29 is 4.79 Å². The molecule has 1 aromatic carbocycles. The minimum absolute atomic E-state index is 0.245. The fraction of sp³-hybridized carbons (Fsp3) is 0.450. The van der Waals surface area contributed by atoms with E-state index in [0.717, 1.165) is 50.8 Å². The second-order valence-corrected chi connectivity index (χ2v) is 7.06. The second kappa shape index (κ2) is 7.32. The minimum Gasteiger partial charge on any atom is -0.353 e. The SMILES string of the molecule is CC1CN=C2C=C(N3CCN(C(=O)CCc4ccccc4)CC3)N=CN21. The van der Waals surface area contributed by atoms with Gasteiger partial charge < -0.3 is 14.7 Å². The van der Waals surface area contributed by atoms with Crippen LogP contribution in [0.1, 0.15) is 18.9 Å². The highest BCUT2D eigenvalue weighted by Crippen LogP contribution is 2.19. The van der Waals surface area contributed by atoms with Gasteiger partial charge in [-0.05, 0) is 18.9 Å². The van der Waals surface area contributed by atoms with E-state index in [0.29, 0.717) is 12.5 Å². The first-order valence-corrected chi connectivity index (χ1v) is 9.36. The van der Waals surface area contributed by atoms with E-state index in [1.54, 1.807) is 0 Å². The largest absolute Gasteiger partial charge is 0.353 e. The van der Waals surface area contributed by atoms with E-state index in [2.05, 4.69) is 44.9 Å². The number of rotatable bonds is 4. The maximum absolute atomic E-state index is 12.5. The Morgan fingerprint density at radius 3 is 2.69 bits per heavy atom. The standard InChI is InChI=1S/C20H25N5O/c1-16-14-21-19-13-18(22-15-25(16)19)23-9-11-24(12-10-23)20(26)8-7-17-5-3-2-4-6-17/h2-6,13,15-16H,7-12,14H2,1H3. The Bertz CT molecular complexity index is 747. The molecule has 1 aromatic rings. The molecule has 6 nitrogen and oxygen atoms in total. The van der Waals surface area contributed by atoms with Gasteiger partial charge in [0, 0.05) is 38.7 Å². The van der Waals surface area contributed by atoms with E-state index < -0.39 is 0 Å². The topological polar surface area (TPSA) is 51.5 Å². The van der Waals surface area contributed by atoms with Gasteiger partial charge in [0.25, 0.3) is 0 Å². The highest BCUT2D eigenvalue weighted by Gasteiger charge is 2.27. The van der Waals surface area contributed by atoms with Crippen LogP contribution >= 0.6 is 0 Å². The van der Waals surface area contributed by atoms with Crippen molar-refractivity contribution in [3.63, 3.8) is 0 Å². The van der Waals surface area contributed by atoms with Crippen LogP contribution in [0.25, 0.3) is 0 Å². The number of hydrogen-bond donors (Lipinski definition) is 0. The third-order valence-electron chi connectivity index (χ3n) is 5.26. The number of fused-ring (bicyclic) bond motifs is 1. The Kier molecular flexibility index (Phi) is 4.73. The van der Waals surface area contributed by atoms with Gasteiger partial charge in [0.15, 0.2) is 0 Å². The van der Waals surface area contributed by atoms with Gasteiger partial charge >= 0.3 is 0 Å². The van der Waals surface area contributed by atoms with Crippen molar-refractivity contribution in [1.82, 2.24) is 14.7 Å². The summed E-state index contributed by atoms with van der Waals surface area (Å²) in [5, 5.41) is 0. The molecule has 136 valence electrons. The average Bonchev–Trinajstić information content (AvgIpc) is 3.07. The first-order chi connectivity index (χ1) is 12.7. The third kappa shape index (κ3) is 3.49. The Hall–Kier alpha value is -2.63. The molecule has 1 saturated heterocycles. The Morgan fingerprint density at radius 2 is 1.92 bits per heavy atom. The van der Waals surface area contributed by atoms with Crippen molar-refractivity contribution in [3.8, 4) is 0 Å². The summed E-state index contributed by atoms with van der Waals surface area (Å²) < 4.78 is 0. The van der Waals surface area contributed by atoms with Gasteiger partial charge in [0.1, 0.15) is 11.7 Å². The van der Waals surface area contributed by atoms with Crippen LogP contribution in [0.4, 0.5) is 0 Å². The highest BCUT2D eigenvalue weighted by atomic mass is 16.2. The van der Waals surface area contributed by atoms with Crippen molar-refractivity contribution in [3.05, 3.63) is 47.8 Å². The zero-order chi connectivity index (χ0) is 17.9. The lowest BCUT2D eigenvalue weighted by Gasteiger charge is -2.37. The molecule has 3 heterocycles. The molecule has 0 spiro atoms. The van der Waals surface area contributed by atoms with Gasteiger partial charge in [0.2, 0.25) is 5.91 Å². The molecule has 0 aliphatic carbocycles. The van der Waals surface area contributed by atoms with Crippen LogP contribution in [0, 0.1) is 0 Å². The number of amidine groups is 1. The molecule has 6 heteroatoms. The molecule has 1 unspecified atom stereocenters. The maximum atomic E-state index is 12.5. The normalized spacial score (nSPS) is 22.2. The molecule has 0 saturated carbocycles. The lowest BCUT2D eigenvalue weighted by molar-refractivity contribution is -0.132. The number of amides is 1. The molecule has 3 aliphatic rings. The minimum atomic E-state index is 0.245. The van der Waals surface area contributed by atoms with Crippen LogP contribution in [-0.4, -0.2) is 71.5 Å². The first-order valence-electron chi connectivity index (χ1n) is 9.36. The monoisotopic (exact) mass is 351 g/mol. The van der Waals surface area contributed by atoms with Gasteiger partial charge in [-0.2, -0.15) is 0 Å². The zero-order valence-electron chi connectivity index (χ0n) is 15.2. The molecule has 26 heavy (non-hydrogen) atoms. The number of nitrogens with zero attached hydrogens (tertiary/aromatic N) is 5. The number of hydrogen-bond acceptors (Lipinski definition) is 5. The van der Waals surface area contributed by atoms with E-state index in [-0.39, 0.29) is 5.91 Å². The average molecular weight is 351 g/mol. The molecule has 0 N–H and O–H groups in total. The smallest absolute Gasteiger partial charge is 0.223 e. The van der Waals surface area contributed by atoms with Crippen LogP contribution in [0.5, 0.6) is 0 Å². The van der Waals surface area contributed by atoms with Gasteiger partial charge in [-0.1, -0.05) is 30.3 Å². The molecule has 3 aliphatic heterocycles. The molecule has 1 amide bonds. The zero-order valence-corrected chi connectivity index (χ0v) is 15.2. The molecule has 4 rings (SSSR count). The molecule has 0 aromatic heterocycles. The predicted octanol–water partition coefficient (Wildman–Crippen LogP) is 1.75. The quantitative estimate of drug-likeness (QED) is 0.830. The summed E-state index contributed by atoms with van der Waals surface area (Å²) in [6, 6.07) is 10.6. The first kappa shape index (κ1) is 16.8. The third-order valence-corrected chi connectivity index (χ3v) is 5.26.